The van der Waals surface area contributed by atoms with Gasteiger partial charge in [-0.25, -0.2) is 0 Å². The number of benzene rings is 1. The van der Waals surface area contributed by atoms with Gasteiger partial charge in [0.1, 0.15) is 17.0 Å². The molecule has 0 bridgehead atoms. The highest BCUT2D eigenvalue weighted by Gasteiger charge is 2.47. The van der Waals surface area contributed by atoms with Crippen LogP contribution in [0.1, 0.15) is 106 Å². The summed E-state index contributed by atoms with van der Waals surface area (Å²) in [6.45, 7) is 4.49. The number of para-hydroxylation sites is 1. The SMILES string of the molecule is CCCC1C(C(=O)N2CCC(N=O)(c3ccccc3OC(C)CCC3(C(=O)O)CCC3)CC2)CCCN1C(=O)c1ncccc1C(F)(F)F. The lowest BCUT2D eigenvalue weighted by Gasteiger charge is -2.44. The number of alkyl halides is 3. The molecular formula is C36H45F3N4O6. The van der Waals surface area contributed by atoms with Gasteiger partial charge in [-0.1, -0.05) is 43.1 Å². The van der Waals surface area contributed by atoms with E-state index in [2.05, 4.69) is 10.2 Å². The Kier molecular flexibility index (Phi) is 11.0. The van der Waals surface area contributed by atoms with Crippen LogP contribution in [0.3, 0.4) is 0 Å². The van der Waals surface area contributed by atoms with Crippen LogP contribution in [0.25, 0.3) is 0 Å². The van der Waals surface area contributed by atoms with Crippen LogP contribution in [0.2, 0.25) is 0 Å². The van der Waals surface area contributed by atoms with Crippen molar-refractivity contribution in [2.24, 2.45) is 16.5 Å². The van der Waals surface area contributed by atoms with Crippen LogP contribution in [-0.4, -0.2) is 69.5 Å². The van der Waals surface area contributed by atoms with Gasteiger partial charge in [0.25, 0.3) is 5.91 Å². The van der Waals surface area contributed by atoms with Gasteiger partial charge in [-0.2, -0.15) is 13.2 Å². The van der Waals surface area contributed by atoms with E-state index in [0.29, 0.717) is 62.7 Å². The van der Waals surface area contributed by atoms with Crippen LogP contribution >= 0.6 is 0 Å². The number of rotatable bonds is 12. The van der Waals surface area contributed by atoms with Gasteiger partial charge in [0.2, 0.25) is 5.91 Å². The molecule has 2 amide bonds. The van der Waals surface area contributed by atoms with E-state index in [0.717, 1.165) is 18.6 Å². The van der Waals surface area contributed by atoms with Crippen molar-refractivity contribution in [1.82, 2.24) is 14.8 Å². The predicted octanol–water partition coefficient (Wildman–Crippen LogP) is 7.21. The van der Waals surface area contributed by atoms with Gasteiger partial charge >= 0.3 is 12.1 Å². The number of halogens is 3. The minimum Gasteiger partial charge on any atom is -0.490 e. The number of likely N-dealkylation sites (tertiary alicyclic amines) is 2. The minimum atomic E-state index is -4.75. The molecule has 3 atom stereocenters. The first kappa shape index (κ1) is 36.3. The number of carboxylic acid groups (broad SMARTS) is 1. The molecule has 2 aromatic rings. The Morgan fingerprint density at radius 2 is 1.78 bits per heavy atom. The third-order valence-electron chi connectivity index (χ3n) is 10.8. The molecule has 0 spiro atoms. The van der Waals surface area contributed by atoms with Gasteiger partial charge < -0.3 is 19.6 Å². The van der Waals surface area contributed by atoms with E-state index in [-0.39, 0.29) is 44.5 Å². The second-order valence-electron chi connectivity index (χ2n) is 13.9. The van der Waals surface area contributed by atoms with E-state index in [1.807, 2.05) is 13.8 Å². The molecule has 13 heteroatoms. The summed E-state index contributed by atoms with van der Waals surface area (Å²) in [6.07, 6.45) is 1.91. The molecule has 0 radical (unpaired) electrons. The Labute approximate surface area is 284 Å². The molecule has 3 aliphatic rings. The van der Waals surface area contributed by atoms with Crippen molar-refractivity contribution >= 4 is 17.8 Å². The standard InChI is InChI=1S/C36H45F3N4O6/c1-3-9-28-25(10-7-21-43(28)32(45)30-27(36(37,38)39)12-6-20-40-30)31(44)42-22-18-35(41-48,19-23-42)26-11-4-5-13-29(26)49-24(2)14-17-34(33(46)47)15-8-16-34/h4-6,11-13,20,24-25,28H,3,7-10,14-19,21-23H2,1-2H3,(H,46,47). The second-order valence-corrected chi connectivity index (χ2v) is 13.9. The molecule has 2 aliphatic heterocycles. The number of piperidine rings is 2. The van der Waals surface area contributed by atoms with Crippen LogP contribution in [0, 0.1) is 16.2 Å². The Morgan fingerprint density at radius 3 is 2.39 bits per heavy atom. The van der Waals surface area contributed by atoms with Gasteiger partial charge in [-0.15, -0.1) is 4.91 Å². The van der Waals surface area contributed by atoms with Gasteiger partial charge in [-0.05, 0) is 82.9 Å². The van der Waals surface area contributed by atoms with Crippen LogP contribution < -0.4 is 4.74 Å². The van der Waals surface area contributed by atoms with E-state index < -0.39 is 52.2 Å². The van der Waals surface area contributed by atoms with E-state index in [4.69, 9.17) is 4.74 Å². The maximum Gasteiger partial charge on any atom is 0.418 e. The number of carboxylic acids is 1. The molecule has 5 rings (SSSR count). The van der Waals surface area contributed by atoms with Crippen molar-refractivity contribution in [1.29, 1.82) is 0 Å². The normalized spacial score (nSPS) is 22.5. The lowest BCUT2D eigenvalue weighted by molar-refractivity contribution is -0.155. The summed E-state index contributed by atoms with van der Waals surface area (Å²) < 4.78 is 47.6. The maximum atomic E-state index is 14.1. The Morgan fingerprint density at radius 1 is 1.06 bits per heavy atom. The molecule has 1 aliphatic carbocycles. The number of aromatic nitrogens is 1. The fourth-order valence-electron chi connectivity index (χ4n) is 7.82. The molecular weight excluding hydrogens is 641 g/mol. The first-order valence-corrected chi connectivity index (χ1v) is 17.3. The molecule has 3 fully saturated rings. The summed E-state index contributed by atoms with van der Waals surface area (Å²) in [5.41, 5.74) is -2.98. The molecule has 266 valence electrons. The lowest BCUT2D eigenvalue weighted by atomic mass is 9.66. The summed E-state index contributed by atoms with van der Waals surface area (Å²) >= 11 is 0. The van der Waals surface area contributed by atoms with Crippen LogP contribution in [-0.2, 0) is 21.3 Å². The Hall–Kier alpha value is -4.03. The monoisotopic (exact) mass is 686 g/mol. The highest BCUT2D eigenvalue weighted by atomic mass is 19.4. The predicted molar refractivity (Wildman–Crippen MR) is 175 cm³/mol. The third-order valence-corrected chi connectivity index (χ3v) is 10.8. The van der Waals surface area contributed by atoms with Crippen molar-refractivity contribution in [3.63, 3.8) is 0 Å². The number of pyridine rings is 1. The summed E-state index contributed by atoms with van der Waals surface area (Å²) in [5, 5.41) is 13.3. The van der Waals surface area contributed by atoms with Gasteiger partial charge in [0.05, 0.1) is 23.0 Å². The zero-order valence-electron chi connectivity index (χ0n) is 28.1. The van der Waals surface area contributed by atoms with Gasteiger partial charge in [0, 0.05) is 37.4 Å². The quantitative estimate of drug-likeness (QED) is 0.234. The summed E-state index contributed by atoms with van der Waals surface area (Å²) in [7, 11) is 0. The number of amides is 2. The molecule has 1 saturated carbocycles. The molecule has 10 nitrogen and oxygen atoms in total. The van der Waals surface area contributed by atoms with Gasteiger partial charge in [0.15, 0.2) is 0 Å². The second kappa shape index (κ2) is 14.8. The van der Waals surface area contributed by atoms with Crippen molar-refractivity contribution in [3.05, 3.63) is 64.3 Å². The zero-order valence-corrected chi connectivity index (χ0v) is 28.1. The molecule has 49 heavy (non-hydrogen) atoms. The number of hydrogen-bond acceptors (Lipinski definition) is 7. The number of carbonyl (C=O) groups is 3. The van der Waals surface area contributed by atoms with E-state index >= 15 is 0 Å². The highest BCUT2D eigenvalue weighted by Crippen LogP contribution is 2.46. The number of nitrogens with zero attached hydrogens (tertiary/aromatic N) is 4. The summed E-state index contributed by atoms with van der Waals surface area (Å²) in [6, 6.07) is 8.60. The fourth-order valence-corrected chi connectivity index (χ4v) is 7.82. The van der Waals surface area contributed by atoms with Crippen LogP contribution in [0.15, 0.2) is 47.8 Å². The number of carbonyl (C=O) groups excluding carboxylic acids is 2. The molecule has 3 unspecified atom stereocenters. The topological polar surface area (TPSA) is 129 Å². The largest absolute Gasteiger partial charge is 0.490 e. The van der Waals surface area contributed by atoms with Crippen LogP contribution in [0.4, 0.5) is 13.2 Å². The lowest BCUT2D eigenvalue weighted by Crippen LogP contribution is -2.55. The maximum absolute atomic E-state index is 14.1. The van der Waals surface area contributed by atoms with E-state index in [1.165, 1.54) is 11.1 Å². The van der Waals surface area contributed by atoms with E-state index in [9.17, 15) is 37.6 Å². The number of ether oxygens (including phenoxy) is 1. The fraction of sp³-hybridized carbons (Fsp3) is 0.611. The molecule has 1 N–H and O–H groups in total. The molecule has 3 heterocycles. The molecule has 1 aromatic carbocycles. The number of aliphatic carboxylic acids is 1. The average molecular weight is 687 g/mol. The number of nitroso groups, excluding NO2 is 1. The third kappa shape index (κ3) is 7.45. The summed E-state index contributed by atoms with van der Waals surface area (Å²) in [4.78, 5) is 58.9. The minimum absolute atomic E-state index is 0.186. The van der Waals surface area contributed by atoms with E-state index in [1.54, 1.807) is 29.2 Å². The highest BCUT2D eigenvalue weighted by molar-refractivity contribution is 5.95. The smallest absolute Gasteiger partial charge is 0.418 e. The first-order chi connectivity index (χ1) is 23.4. The molecule has 2 saturated heterocycles. The summed E-state index contributed by atoms with van der Waals surface area (Å²) in [5.74, 6) is -1.88. The Bertz CT molecular complexity index is 1520. The number of hydrogen-bond donors (Lipinski definition) is 1. The zero-order chi connectivity index (χ0) is 35.4. The average Bonchev–Trinajstić information content (AvgIpc) is 3.07. The molecule has 1 aromatic heterocycles. The van der Waals surface area contributed by atoms with Crippen molar-refractivity contribution in [2.75, 3.05) is 19.6 Å². The van der Waals surface area contributed by atoms with Crippen molar-refractivity contribution in [3.8, 4) is 5.75 Å². The van der Waals surface area contributed by atoms with Crippen molar-refractivity contribution in [2.45, 2.75) is 108 Å². The van der Waals surface area contributed by atoms with Crippen LogP contribution in [0.5, 0.6) is 5.75 Å². The van der Waals surface area contributed by atoms with Gasteiger partial charge in [-0.3, -0.25) is 19.4 Å². The Balaban J connectivity index is 1.28. The van der Waals surface area contributed by atoms with Crippen molar-refractivity contribution < 1.29 is 37.4 Å². The first-order valence-electron chi connectivity index (χ1n) is 17.3.